The quantitative estimate of drug-likeness (QED) is 0.721. The van der Waals surface area contributed by atoms with Gasteiger partial charge in [0.1, 0.15) is 0 Å². The minimum Gasteiger partial charge on any atom is -0.412 e. The summed E-state index contributed by atoms with van der Waals surface area (Å²) in [5.41, 5.74) is 0.645. The van der Waals surface area contributed by atoms with Gasteiger partial charge >= 0.3 is 0 Å². The first kappa shape index (κ1) is 19.4. The summed E-state index contributed by atoms with van der Waals surface area (Å²) in [6.45, 7) is 0. The monoisotopic (exact) mass is 254 g/mol. The standard InChI is InChI=1S/C8H6N2O.2ClH.2H2O/c11-8-6-2-1-4-9-7(6)3-5-10-8;;;;/h1-5H,(H,10,11);2*1H;2*1H2. The highest BCUT2D eigenvalue weighted by Gasteiger charge is 1.94. The Morgan fingerprint density at radius 1 is 1.13 bits per heavy atom. The number of H-pyrrole nitrogens is 1. The molecule has 7 heteroatoms. The lowest BCUT2D eigenvalue weighted by atomic mass is 10.3. The molecule has 2 rings (SSSR count). The van der Waals surface area contributed by atoms with Crippen molar-refractivity contribution in [3.05, 3.63) is 40.9 Å². The number of pyridine rings is 2. The number of aromatic amines is 1. The number of rotatable bonds is 0. The summed E-state index contributed by atoms with van der Waals surface area (Å²) >= 11 is 0. The van der Waals surface area contributed by atoms with Crippen LogP contribution in [0.2, 0.25) is 0 Å². The van der Waals surface area contributed by atoms with Gasteiger partial charge in [0.05, 0.1) is 10.9 Å². The molecule has 0 fully saturated rings. The number of aromatic nitrogens is 2. The van der Waals surface area contributed by atoms with E-state index in [0.29, 0.717) is 5.39 Å². The van der Waals surface area contributed by atoms with Crippen LogP contribution in [0.4, 0.5) is 0 Å². The average molecular weight is 255 g/mol. The minimum absolute atomic E-state index is 0. The van der Waals surface area contributed by atoms with Crippen LogP contribution in [0.5, 0.6) is 0 Å². The van der Waals surface area contributed by atoms with Crippen molar-refractivity contribution in [3.8, 4) is 0 Å². The average Bonchev–Trinajstić information content (AvgIpc) is 2.06. The zero-order valence-electron chi connectivity index (χ0n) is 7.56. The van der Waals surface area contributed by atoms with Crippen molar-refractivity contribution in [1.29, 1.82) is 0 Å². The Hall–Kier alpha value is -1.14. The molecule has 0 aromatic carbocycles. The van der Waals surface area contributed by atoms with Gasteiger partial charge in [0.15, 0.2) is 0 Å². The van der Waals surface area contributed by atoms with Gasteiger partial charge in [-0.1, -0.05) is 0 Å². The van der Waals surface area contributed by atoms with Gasteiger partial charge in [-0.3, -0.25) is 9.78 Å². The first-order valence-electron chi connectivity index (χ1n) is 3.30. The van der Waals surface area contributed by atoms with Crippen LogP contribution in [0, 0.1) is 0 Å². The molecule has 0 radical (unpaired) electrons. The van der Waals surface area contributed by atoms with Gasteiger partial charge in [0.2, 0.25) is 0 Å². The molecule has 0 saturated heterocycles. The molecular weight excluding hydrogens is 243 g/mol. The Morgan fingerprint density at radius 2 is 1.80 bits per heavy atom. The maximum absolute atomic E-state index is 11.1. The van der Waals surface area contributed by atoms with Gasteiger partial charge in [-0.2, -0.15) is 0 Å². The van der Waals surface area contributed by atoms with Crippen LogP contribution < -0.4 is 5.56 Å². The summed E-state index contributed by atoms with van der Waals surface area (Å²) in [6, 6.07) is 5.27. The first-order chi connectivity index (χ1) is 5.38. The number of hydrogen-bond acceptors (Lipinski definition) is 2. The fourth-order valence-electron chi connectivity index (χ4n) is 1.02. The second-order valence-corrected chi connectivity index (χ2v) is 2.24. The number of halogens is 2. The highest BCUT2D eigenvalue weighted by molar-refractivity contribution is 5.85. The van der Waals surface area contributed by atoms with E-state index in [1.165, 1.54) is 0 Å². The summed E-state index contributed by atoms with van der Waals surface area (Å²) < 4.78 is 0. The Bertz CT molecular complexity index is 442. The van der Waals surface area contributed by atoms with Crippen molar-refractivity contribution in [2.24, 2.45) is 0 Å². The predicted octanol–water partition coefficient (Wildman–Crippen LogP) is 0.117. The van der Waals surface area contributed by atoms with Crippen LogP contribution in [-0.4, -0.2) is 20.9 Å². The largest absolute Gasteiger partial charge is 0.412 e. The predicted molar refractivity (Wildman–Crippen MR) is 64.1 cm³/mol. The van der Waals surface area contributed by atoms with Crippen molar-refractivity contribution < 1.29 is 11.0 Å². The molecule has 5 N–H and O–H groups in total. The molecule has 2 aromatic rings. The number of hydrogen-bond donors (Lipinski definition) is 1. The third kappa shape index (κ3) is 3.85. The van der Waals surface area contributed by atoms with Crippen LogP contribution in [-0.2, 0) is 0 Å². The van der Waals surface area contributed by atoms with E-state index in [2.05, 4.69) is 9.97 Å². The van der Waals surface area contributed by atoms with Crippen molar-refractivity contribution in [3.63, 3.8) is 0 Å². The normalized spacial score (nSPS) is 7.47. The summed E-state index contributed by atoms with van der Waals surface area (Å²) in [5, 5.41) is 0.634. The SMILES string of the molecule is Cl.Cl.O.O.O=c1[nH]ccc2ncccc12. The van der Waals surface area contributed by atoms with E-state index in [-0.39, 0.29) is 41.3 Å². The maximum Gasteiger partial charge on any atom is 0.257 e. The van der Waals surface area contributed by atoms with E-state index in [0.717, 1.165) is 5.52 Å². The van der Waals surface area contributed by atoms with Gasteiger partial charge in [0, 0.05) is 12.4 Å². The van der Waals surface area contributed by atoms with E-state index in [1.807, 2.05) is 0 Å². The van der Waals surface area contributed by atoms with Gasteiger partial charge in [0.25, 0.3) is 5.56 Å². The zero-order valence-corrected chi connectivity index (χ0v) is 9.19. The van der Waals surface area contributed by atoms with Gasteiger partial charge < -0.3 is 15.9 Å². The second kappa shape index (κ2) is 8.19. The molecule has 15 heavy (non-hydrogen) atoms. The third-order valence-electron chi connectivity index (χ3n) is 1.54. The lowest BCUT2D eigenvalue weighted by molar-refractivity contribution is 0.823. The Labute approximate surface area is 98.0 Å². The molecule has 0 aliphatic heterocycles. The summed E-state index contributed by atoms with van der Waals surface area (Å²) in [5.74, 6) is 0. The summed E-state index contributed by atoms with van der Waals surface area (Å²) in [6.07, 6.45) is 3.26. The topological polar surface area (TPSA) is 109 Å². The molecule has 5 nitrogen and oxygen atoms in total. The minimum atomic E-state index is -0.0874. The Kier molecular flexibility index (Phi) is 10.6. The van der Waals surface area contributed by atoms with E-state index in [4.69, 9.17) is 0 Å². The fourth-order valence-corrected chi connectivity index (χ4v) is 1.02. The molecule has 2 heterocycles. The lowest BCUT2D eigenvalue weighted by Crippen LogP contribution is -2.04. The second-order valence-electron chi connectivity index (χ2n) is 2.24. The van der Waals surface area contributed by atoms with Crippen LogP contribution in [0.3, 0.4) is 0 Å². The molecule has 0 saturated carbocycles. The molecule has 0 amide bonds. The van der Waals surface area contributed by atoms with E-state index >= 15 is 0 Å². The molecule has 0 aliphatic carbocycles. The smallest absolute Gasteiger partial charge is 0.257 e. The van der Waals surface area contributed by atoms with Crippen LogP contribution >= 0.6 is 24.8 Å². The van der Waals surface area contributed by atoms with Crippen molar-refractivity contribution >= 4 is 35.7 Å². The first-order valence-corrected chi connectivity index (χ1v) is 3.30. The van der Waals surface area contributed by atoms with E-state index in [9.17, 15) is 4.79 Å². The van der Waals surface area contributed by atoms with Gasteiger partial charge in [-0.05, 0) is 18.2 Å². The van der Waals surface area contributed by atoms with E-state index < -0.39 is 0 Å². The number of fused-ring (bicyclic) bond motifs is 1. The van der Waals surface area contributed by atoms with Crippen molar-refractivity contribution in [2.45, 2.75) is 0 Å². The highest BCUT2D eigenvalue weighted by atomic mass is 35.5. The third-order valence-corrected chi connectivity index (χ3v) is 1.54. The maximum atomic E-state index is 11.1. The summed E-state index contributed by atoms with van der Waals surface area (Å²) in [7, 11) is 0. The molecule has 0 aliphatic rings. The van der Waals surface area contributed by atoms with E-state index in [1.54, 1.807) is 30.6 Å². The highest BCUT2D eigenvalue weighted by Crippen LogP contribution is 2.01. The van der Waals surface area contributed by atoms with Gasteiger partial charge in [-0.15, -0.1) is 24.8 Å². The van der Waals surface area contributed by atoms with Crippen molar-refractivity contribution in [2.75, 3.05) is 0 Å². The number of nitrogens with zero attached hydrogens (tertiary/aromatic N) is 1. The molecule has 0 atom stereocenters. The molecule has 0 bridgehead atoms. The molecule has 0 unspecified atom stereocenters. The fraction of sp³-hybridized carbons (Fsp3) is 0. The van der Waals surface area contributed by atoms with Crippen molar-refractivity contribution in [1.82, 2.24) is 9.97 Å². The Morgan fingerprint density at radius 3 is 2.40 bits per heavy atom. The molecular formula is C8H12Cl2N2O3. The van der Waals surface area contributed by atoms with Crippen LogP contribution in [0.15, 0.2) is 35.4 Å². The van der Waals surface area contributed by atoms with Crippen LogP contribution in [0.1, 0.15) is 0 Å². The summed E-state index contributed by atoms with van der Waals surface area (Å²) in [4.78, 5) is 17.7. The van der Waals surface area contributed by atoms with Crippen LogP contribution in [0.25, 0.3) is 10.9 Å². The Balaban J connectivity index is -0.000000360. The lowest BCUT2D eigenvalue weighted by Gasteiger charge is -1.91. The molecule has 2 aromatic heterocycles. The number of nitrogens with one attached hydrogen (secondary N) is 1. The van der Waals surface area contributed by atoms with Gasteiger partial charge in [-0.25, -0.2) is 0 Å². The molecule has 0 spiro atoms. The molecule has 86 valence electrons. The zero-order chi connectivity index (χ0) is 7.68.